The zero-order chi connectivity index (χ0) is 16.8. The Labute approximate surface area is 137 Å². The van der Waals surface area contributed by atoms with Crippen LogP contribution < -0.4 is 9.62 Å². The van der Waals surface area contributed by atoms with Crippen molar-refractivity contribution in [1.29, 1.82) is 0 Å². The van der Waals surface area contributed by atoms with Crippen LogP contribution in [0, 0.1) is 0 Å². The third-order valence-electron chi connectivity index (χ3n) is 3.25. The van der Waals surface area contributed by atoms with Crippen molar-refractivity contribution in [3.8, 4) is 0 Å². The summed E-state index contributed by atoms with van der Waals surface area (Å²) in [6, 6.07) is 5.55. The molecule has 1 amide bonds. The van der Waals surface area contributed by atoms with Crippen molar-refractivity contribution in [2.45, 2.75) is 39.2 Å². The number of benzene rings is 1. The molecule has 0 aliphatic carbocycles. The van der Waals surface area contributed by atoms with E-state index in [1.54, 1.807) is 31.2 Å². The van der Waals surface area contributed by atoms with Crippen LogP contribution in [-0.2, 0) is 14.8 Å². The first-order chi connectivity index (χ1) is 10.3. The average Bonchev–Trinajstić information content (AvgIpc) is 2.44. The molecule has 0 aliphatic heterocycles. The Hall–Kier alpha value is -1.27. The van der Waals surface area contributed by atoms with E-state index in [0.717, 1.165) is 29.8 Å². The molecular weight excluding hydrogens is 324 g/mol. The Kier molecular flexibility index (Phi) is 7.16. The highest BCUT2D eigenvalue weighted by atomic mass is 35.5. The molecule has 7 heteroatoms. The number of nitrogens with one attached hydrogen (secondary N) is 1. The molecule has 0 spiro atoms. The second-order valence-electron chi connectivity index (χ2n) is 5.21. The largest absolute Gasteiger partial charge is 0.354 e. The second-order valence-corrected chi connectivity index (χ2v) is 7.51. The standard InChI is InChI=1S/C15H23ClN2O3S/c1-4-5-6-11-17-15(19)12(2)18(22(3,20)21)14-9-7-13(16)8-10-14/h7-10,12H,4-6,11H2,1-3H3,(H,17,19). The molecule has 5 nitrogen and oxygen atoms in total. The molecule has 0 aromatic heterocycles. The van der Waals surface area contributed by atoms with Crippen LogP contribution in [0.1, 0.15) is 33.1 Å². The second kappa shape index (κ2) is 8.39. The number of hydrogen-bond donors (Lipinski definition) is 1. The maximum absolute atomic E-state index is 12.2. The lowest BCUT2D eigenvalue weighted by Crippen LogP contribution is -2.48. The third-order valence-corrected chi connectivity index (χ3v) is 4.74. The molecule has 0 aliphatic rings. The fourth-order valence-electron chi connectivity index (χ4n) is 2.13. The summed E-state index contributed by atoms with van der Waals surface area (Å²) >= 11 is 5.82. The number of nitrogens with zero attached hydrogens (tertiary/aromatic N) is 1. The minimum absolute atomic E-state index is 0.309. The molecule has 124 valence electrons. The Morgan fingerprint density at radius 1 is 1.27 bits per heavy atom. The quantitative estimate of drug-likeness (QED) is 0.736. The Balaban J connectivity index is 2.88. The summed E-state index contributed by atoms with van der Waals surface area (Å²) in [6.07, 6.45) is 4.06. The number of rotatable bonds is 8. The van der Waals surface area contributed by atoms with E-state index >= 15 is 0 Å². The van der Waals surface area contributed by atoms with Gasteiger partial charge in [0.05, 0.1) is 11.9 Å². The van der Waals surface area contributed by atoms with Gasteiger partial charge >= 0.3 is 0 Å². The molecule has 0 saturated carbocycles. The molecule has 1 rings (SSSR count). The van der Waals surface area contributed by atoms with Crippen molar-refractivity contribution < 1.29 is 13.2 Å². The highest BCUT2D eigenvalue weighted by Gasteiger charge is 2.28. The van der Waals surface area contributed by atoms with Gasteiger partial charge in [-0.25, -0.2) is 8.42 Å². The van der Waals surface area contributed by atoms with Crippen molar-refractivity contribution in [3.63, 3.8) is 0 Å². The minimum atomic E-state index is -3.58. The molecule has 1 N–H and O–H groups in total. The lowest BCUT2D eigenvalue weighted by atomic mass is 10.2. The zero-order valence-corrected chi connectivity index (χ0v) is 14.7. The van der Waals surface area contributed by atoms with E-state index < -0.39 is 16.1 Å². The van der Waals surface area contributed by atoms with Crippen LogP contribution in [0.25, 0.3) is 0 Å². The van der Waals surface area contributed by atoms with Gasteiger partial charge in [-0.3, -0.25) is 9.10 Å². The Bertz CT molecular complexity index is 587. The van der Waals surface area contributed by atoms with Crippen molar-refractivity contribution in [2.24, 2.45) is 0 Å². The van der Waals surface area contributed by atoms with Crippen LogP contribution in [0.2, 0.25) is 5.02 Å². The summed E-state index contributed by atoms with van der Waals surface area (Å²) in [4.78, 5) is 12.2. The molecule has 0 fully saturated rings. The number of carbonyl (C=O) groups is 1. The number of amides is 1. The van der Waals surface area contributed by atoms with E-state index in [4.69, 9.17) is 11.6 Å². The van der Waals surface area contributed by atoms with Gasteiger partial charge in [-0.15, -0.1) is 0 Å². The normalized spacial score (nSPS) is 12.7. The molecule has 1 aromatic carbocycles. The number of unbranched alkanes of at least 4 members (excludes halogenated alkanes) is 2. The summed E-state index contributed by atoms with van der Waals surface area (Å²) in [5.41, 5.74) is 0.420. The molecular formula is C15H23ClN2O3S. The third kappa shape index (κ3) is 5.50. The van der Waals surface area contributed by atoms with E-state index in [-0.39, 0.29) is 5.91 Å². The number of sulfonamides is 1. The van der Waals surface area contributed by atoms with Gasteiger partial charge in [-0.1, -0.05) is 31.4 Å². The Morgan fingerprint density at radius 3 is 2.36 bits per heavy atom. The van der Waals surface area contributed by atoms with Gasteiger partial charge in [0.25, 0.3) is 0 Å². The summed E-state index contributed by atoms with van der Waals surface area (Å²) in [6.45, 7) is 4.20. The predicted octanol–water partition coefficient (Wildman–Crippen LogP) is 2.80. The van der Waals surface area contributed by atoms with Crippen molar-refractivity contribution in [1.82, 2.24) is 5.32 Å². The summed E-state index contributed by atoms with van der Waals surface area (Å²) < 4.78 is 25.2. The van der Waals surface area contributed by atoms with Crippen molar-refractivity contribution in [3.05, 3.63) is 29.3 Å². The van der Waals surface area contributed by atoms with E-state index in [0.29, 0.717) is 17.3 Å². The van der Waals surface area contributed by atoms with Crippen LogP contribution >= 0.6 is 11.6 Å². The van der Waals surface area contributed by atoms with Crippen molar-refractivity contribution in [2.75, 3.05) is 17.1 Å². The highest BCUT2D eigenvalue weighted by molar-refractivity contribution is 7.92. The first-order valence-electron chi connectivity index (χ1n) is 7.30. The topological polar surface area (TPSA) is 66.5 Å². The smallest absolute Gasteiger partial charge is 0.243 e. The molecule has 1 aromatic rings. The fraction of sp³-hybridized carbons (Fsp3) is 0.533. The molecule has 1 atom stereocenters. The maximum Gasteiger partial charge on any atom is 0.243 e. The number of carbonyl (C=O) groups excluding carboxylic acids is 1. The number of anilines is 1. The summed E-state index contributed by atoms with van der Waals surface area (Å²) in [7, 11) is -3.58. The molecule has 0 radical (unpaired) electrons. The van der Waals surface area contributed by atoms with Gasteiger partial charge < -0.3 is 5.32 Å². The summed E-state index contributed by atoms with van der Waals surface area (Å²) in [5.74, 6) is -0.309. The van der Waals surface area contributed by atoms with Crippen LogP contribution in [0.4, 0.5) is 5.69 Å². The van der Waals surface area contributed by atoms with E-state index in [1.165, 1.54) is 0 Å². The van der Waals surface area contributed by atoms with Gasteiger partial charge in [0, 0.05) is 11.6 Å². The van der Waals surface area contributed by atoms with E-state index in [1.807, 2.05) is 0 Å². The molecule has 0 saturated heterocycles. The number of hydrogen-bond acceptors (Lipinski definition) is 3. The first kappa shape index (κ1) is 18.8. The maximum atomic E-state index is 12.2. The fourth-order valence-corrected chi connectivity index (χ4v) is 3.43. The number of halogens is 1. The SMILES string of the molecule is CCCCCNC(=O)C(C)N(c1ccc(Cl)cc1)S(C)(=O)=O. The van der Waals surface area contributed by atoms with Gasteiger partial charge in [0.15, 0.2) is 0 Å². The van der Waals surface area contributed by atoms with Gasteiger partial charge in [-0.2, -0.15) is 0 Å². The lowest BCUT2D eigenvalue weighted by molar-refractivity contribution is -0.121. The van der Waals surface area contributed by atoms with Gasteiger partial charge in [-0.05, 0) is 37.6 Å². The molecule has 0 heterocycles. The predicted molar refractivity (Wildman–Crippen MR) is 90.8 cm³/mol. The lowest BCUT2D eigenvalue weighted by Gasteiger charge is -2.28. The average molecular weight is 347 g/mol. The van der Waals surface area contributed by atoms with Crippen LogP contribution in [0.3, 0.4) is 0 Å². The van der Waals surface area contributed by atoms with Gasteiger partial charge in [0.2, 0.25) is 15.9 Å². The van der Waals surface area contributed by atoms with Crippen molar-refractivity contribution >= 4 is 33.2 Å². The van der Waals surface area contributed by atoms with Crippen LogP contribution in [-0.4, -0.2) is 33.2 Å². The Morgan fingerprint density at radius 2 is 1.86 bits per heavy atom. The van der Waals surface area contributed by atoms with Crippen LogP contribution in [0.15, 0.2) is 24.3 Å². The zero-order valence-electron chi connectivity index (χ0n) is 13.2. The first-order valence-corrected chi connectivity index (χ1v) is 9.52. The molecule has 1 unspecified atom stereocenters. The highest BCUT2D eigenvalue weighted by Crippen LogP contribution is 2.22. The molecule has 22 heavy (non-hydrogen) atoms. The summed E-state index contributed by atoms with van der Waals surface area (Å²) in [5, 5.41) is 3.29. The monoisotopic (exact) mass is 346 g/mol. The minimum Gasteiger partial charge on any atom is -0.354 e. The van der Waals surface area contributed by atoms with Crippen LogP contribution in [0.5, 0.6) is 0 Å². The van der Waals surface area contributed by atoms with E-state index in [9.17, 15) is 13.2 Å². The molecule has 0 bridgehead atoms. The van der Waals surface area contributed by atoms with E-state index in [2.05, 4.69) is 12.2 Å². The van der Waals surface area contributed by atoms with Gasteiger partial charge in [0.1, 0.15) is 6.04 Å².